The second kappa shape index (κ2) is 19.7. The molecule has 0 aromatic heterocycles. The van der Waals surface area contributed by atoms with Gasteiger partial charge >= 0.3 is 18.2 Å². The molecule has 0 bridgehead atoms. The van der Waals surface area contributed by atoms with E-state index in [9.17, 15) is 39.6 Å². The van der Waals surface area contributed by atoms with E-state index >= 15 is 0 Å². The van der Waals surface area contributed by atoms with Crippen molar-refractivity contribution in [2.75, 3.05) is 87.5 Å². The van der Waals surface area contributed by atoms with Gasteiger partial charge in [0.05, 0.1) is 38.3 Å². The van der Waals surface area contributed by atoms with Crippen LogP contribution in [0.3, 0.4) is 0 Å². The molecule has 4 N–H and O–H groups in total. The van der Waals surface area contributed by atoms with Gasteiger partial charge in [-0.2, -0.15) is 8.42 Å². The standard InChI is InChI=1S/C23H35N5O6S.C13H17N3O7S2/c1-23(2,3)34-20(29)9-10-26-11-13-27(14-12-26)15-19-16-28(22(30)33-19)18-7-5-17(6-8-18)21(24)25-35(4,31)32;1-24(18,19)15-12(14)9-3-5-10(6-4-9)16-7-11(23-13(16)17)8-22-25(2,20)21/h5-8,19H,9-16H2,1-4H3,(H2,24,25);3-6,11H,7-8H2,1-2H3,(H2,14,15). The number of esters is 1. The molecule has 3 saturated heterocycles. The topological polar surface area (TPSA) is 280 Å². The van der Waals surface area contributed by atoms with Crippen LogP contribution in [0.25, 0.3) is 0 Å². The van der Waals surface area contributed by atoms with Gasteiger partial charge in [-0.3, -0.25) is 23.7 Å². The molecule has 2 aromatic rings. The highest BCUT2D eigenvalue weighted by atomic mass is 32.2. The molecule has 24 heteroatoms. The predicted molar refractivity (Wildman–Crippen MR) is 223 cm³/mol. The SMILES string of the molecule is CC(C)(C)OC(=O)CCN1CCN(CC2CN(c3ccc(C(N)=NS(C)(=O)=O)cc3)C(=O)O2)CC1.CS(=O)(=O)N=C(N)c1ccc(N2CC(COS(C)(=O)=O)OC2=O)cc1. The minimum absolute atomic E-state index is 0.105. The zero-order chi connectivity index (χ0) is 44.6. The summed E-state index contributed by atoms with van der Waals surface area (Å²) in [5.74, 6) is -0.458. The first-order valence-electron chi connectivity index (χ1n) is 18.5. The van der Waals surface area contributed by atoms with Gasteiger partial charge < -0.3 is 30.6 Å². The second-order valence-corrected chi connectivity index (χ2v) is 20.2. The third-order valence-corrected chi connectivity index (χ3v) is 10.3. The summed E-state index contributed by atoms with van der Waals surface area (Å²) in [7, 11) is -10.8. The van der Waals surface area contributed by atoms with E-state index in [0.717, 1.165) is 44.9 Å². The van der Waals surface area contributed by atoms with Crippen LogP contribution in [0.1, 0.15) is 38.3 Å². The summed E-state index contributed by atoms with van der Waals surface area (Å²) in [5, 5.41) is 0. The number of benzene rings is 2. The van der Waals surface area contributed by atoms with Crippen LogP contribution in [0.2, 0.25) is 0 Å². The highest BCUT2D eigenvalue weighted by Gasteiger charge is 2.35. The monoisotopic (exact) mass is 900 g/mol. The fourth-order valence-electron chi connectivity index (χ4n) is 6.06. The number of carbonyl (C=O) groups is 3. The Morgan fingerprint density at radius 1 is 0.717 bits per heavy atom. The number of nitrogens with zero attached hydrogens (tertiary/aromatic N) is 6. The number of hydrogen-bond acceptors (Lipinski definition) is 15. The van der Waals surface area contributed by atoms with E-state index in [1.165, 1.54) is 17.0 Å². The van der Waals surface area contributed by atoms with Gasteiger partial charge in [-0.1, -0.05) is 0 Å². The maximum atomic E-state index is 12.4. The van der Waals surface area contributed by atoms with E-state index in [1.807, 2.05) is 20.8 Å². The lowest BCUT2D eigenvalue weighted by molar-refractivity contribution is -0.155. The summed E-state index contributed by atoms with van der Waals surface area (Å²) in [4.78, 5) is 43.6. The van der Waals surface area contributed by atoms with Crippen molar-refractivity contribution < 1.29 is 58.0 Å². The van der Waals surface area contributed by atoms with Crippen LogP contribution in [0.15, 0.2) is 57.3 Å². The van der Waals surface area contributed by atoms with Gasteiger partial charge in [-0.05, 0) is 69.3 Å². The molecule has 332 valence electrons. The molecule has 3 fully saturated rings. The number of piperazine rings is 1. The van der Waals surface area contributed by atoms with Crippen LogP contribution >= 0.6 is 0 Å². The summed E-state index contributed by atoms with van der Waals surface area (Å²) in [6, 6.07) is 12.7. The van der Waals surface area contributed by atoms with Crippen molar-refractivity contribution in [3.05, 3.63) is 59.7 Å². The van der Waals surface area contributed by atoms with Crippen molar-refractivity contribution >= 4 is 71.4 Å². The van der Waals surface area contributed by atoms with Crippen molar-refractivity contribution in [2.45, 2.75) is 45.0 Å². The summed E-state index contributed by atoms with van der Waals surface area (Å²) in [5.41, 5.74) is 12.8. The number of anilines is 2. The highest BCUT2D eigenvalue weighted by Crippen LogP contribution is 2.24. The molecule has 0 aliphatic carbocycles. The zero-order valence-electron chi connectivity index (χ0n) is 34.2. The van der Waals surface area contributed by atoms with Crippen molar-refractivity contribution in [3.63, 3.8) is 0 Å². The largest absolute Gasteiger partial charge is 0.460 e. The van der Waals surface area contributed by atoms with Gasteiger partial charge in [-0.25, -0.2) is 26.4 Å². The fraction of sp³-hybridized carbons (Fsp3) is 0.528. The van der Waals surface area contributed by atoms with Gasteiger partial charge in [0.1, 0.15) is 36.1 Å². The van der Waals surface area contributed by atoms with Crippen LogP contribution in [-0.4, -0.2) is 160 Å². The van der Waals surface area contributed by atoms with Crippen molar-refractivity contribution in [3.8, 4) is 0 Å². The Labute approximate surface area is 350 Å². The van der Waals surface area contributed by atoms with E-state index in [2.05, 4.69) is 22.8 Å². The van der Waals surface area contributed by atoms with Crippen molar-refractivity contribution in [1.82, 2.24) is 9.80 Å². The lowest BCUT2D eigenvalue weighted by Gasteiger charge is -2.35. The predicted octanol–water partition coefficient (Wildman–Crippen LogP) is 0.679. The Morgan fingerprint density at radius 3 is 1.55 bits per heavy atom. The number of rotatable bonds is 14. The quantitative estimate of drug-likeness (QED) is 0.0867. The first kappa shape index (κ1) is 47.8. The number of amidine groups is 2. The molecule has 2 amide bonds. The Hall–Kier alpha value is -4.88. The maximum absolute atomic E-state index is 12.4. The van der Waals surface area contributed by atoms with E-state index in [1.54, 1.807) is 41.3 Å². The number of cyclic esters (lactones) is 2. The number of nitrogens with two attached hydrogens (primary N) is 2. The first-order chi connectivity index (χ1) is 27.7. The molecule has 2 aromatic carbocycles. The second-order valence-electron chi connectivity index (χ2n) is 15.2. The number of sulfonamides is 2. The summed E-state index contributed by atoms with van der Waals surface area (Å²) in [6.07, 6.45) is 1.13. The smallest absolute Gasteiger partial charge is 0.414 e. The Bertz CT molecular complexity index is 2260. The summed E-state index contributed by atoms with van der Waals surface area (Å²) in [6.45, 7) is 10.5. The lowest BCUT2D eigenvalue weighted by Crippen LogP contribution is -2.49. The Balaban J connectivity index is 0.000000280. The zero-order valence-corrected chi connectivity index (χ0v) is 36.7. The third kappa shape index (κ3) is 15.9. The number of carbonyl (C=O) groups excluding carboxylic acids is 3. The van der Waals surface area contributed by atoms with Crippen LogP contribution in [0, 0.1) is 0 Å². The van der Waals surface area contributed by atoms with Crippen LogP contribution in [-0.2, 0) is 53.4 Å². The van der Waals surface area contributed by atoms with Gasteiger partial charge in [-0.15, -0.1) is 8.80 Å². The van der Waals surface area contributed by atoms with E-state index < -0.39 is 54.1 Å². The van der Waals surface area contributed by atoms with E-state index in [4.69, 9.17) is 25.7 Å². The van der Waals surface area contributed by atoms with Crippen LogP contribution < -0.4 is 21.3 Å². The molecule has 0 radical (unpaired) electrons. The average Bonchev–Trinajstić information content (AvgIpc) is 3.69. The van der Waals surface area contributed by atoms with Crippen molar-refractivity contribution in [2.24, 2.45) is 20.3 Å². The van der Waals surface area contributed by atoms with Crippen LogP contribution in [0.5, 0.6) is 0 Å². The molecular formula is C36H52N8O13S3. The molecule has 2 atom stereocenters. The minimum atomic E-state index is -3.63. The molecule has 5 rings (SSSR count). The normalized spacial score (nSPS) is 20.0. The lowest BCUT2D eigenvalue weighted by atomic mass is 10.2. The van der Waals surface area contributed by atoms with Crippen LogP contribution in [0.4, 0.5) is 21.0 Å². The van der Waals surface area contributed by atoms with Gasteiger partial charge in [0.15, 0.2) is 0 Å². The molecule has 21 nitrogen and oxygen atoms in total. The third-order valence-electron chi connectivity index (χ3n) is 8.67. The number of amides is 2. The molecule has 60 heavy (non-hydrogen) atoms. The molecule has 3 aliphatic rings. The summed E-state index contributed by atoms with van der Waals surface area (Å²) >= 11 is 0. The maximum Gasteiger partial charge on any atom is 0.414 e. The van der Waals surface area contributed by atoms with Gasteiger partial charge in [0.2, 0.25) is 0 Å². The fourth-order valence-corrected chi connectivity index (χ4v) is 7.38. The molecule has 0 saturated carbocycles. The van der Waals surface area contributed by atoms with Gasteiger partial charge in [0, 0.05) is 61.8 Å². The number of hydrogen-bond donors (Lipinski definition) is 2. The minimum Gasteiger partial charge on any atom is -0.460 e. The number of ether oxygens (including phenoxy) is 3. The highest BCUT2D eigenvalue weighted by molar-refractivity contribution is 7.89. The van der Waals surface area contributed by atoms with Crippen molar-refractivity contribution in [1.29, 1.82) is 0 Å². The molecule has 2 unspecified atom stereocenters. The van der Waals surface area contributed by atoms with E-state index in [0.29, 0.717) is 48.6 Å². The van der Waals surface area contributed by atoms with E-state index in [-0.39, 0.29) is 36.9 Å². The molecular weight excluding hydrogens is 849 g/mol. The Kier molecular flexibility index (Phi) is 15.7. The van der Waals surface area contributed by atoms with Gasteiger partial charge in [0.25, 0.3) is 30.2 Å². The molecule has 3 heterocycles. The summed E-state index contributed by atoms with van der Waals surface area (Å²) < 4.78 is 94.2. The molecule has 3 aliphatic heterocycles. The Morgan fingerprint density at radius 2 is 1.13 bits per heavy atom. The average molecular weight is 901 g/mol. The first-order valence-corrected chi connectivity index (χ1v) is 24.0. The molecule has 0 spiro atoms.